The number of hydrogen-bond acceptors (Lipinski definition) is 0. The molecule has 0 saturated carbocycles. The second kappa shape index (κ2) is 99.6. The van der Waals surface area contributed by atoms with Crippen molar-refractivity contribution in [2.24, 2.45) is 0 Å². The molecule has 0 aliphatic heterocycles. The predicted molar refractivity (Wildman–Crippen MR) is 62.2 cm³/mol. The maximum atomic E-state index is 3.25. The third kappa shape index (κ3) is 8100. The molecule has 0 rings (SSSR count). The van der Waals surface area contributed by atoms with Gasteiger partial charge in [-0.1, -0.05) is 0 Å². The van der Waals surface area contributed by atoms with Crippen LogP contribution in [0, 0.1) is 63.3 Å². The van der Waals surface area contributed by atoms with Crippen molar-refractivity contribution in [1.29, 1.82) is 0 Å². The second-order valence-corrected chi connectivity index (χ2v) is 1.15. The van der Waals surface area contributed by atoms with E-state index in [4.69, 9.17) is 0 Å². The van der Waals surface area contributed by atoms with Crippen LogP contribution in [-0.4, -0.2) is 0 Å². The van der Waals surface area contributed by atoms with E-state index < -0.39 is 0 Å². The van der Waals surface area contributed by atoms with Gasteiger partial charge in [0.2, 0.25) is 0 Å². The summed E-state index contributed by atoms with van der Waals surface area (Å²) < 4.78 is 0. The summed E-state index contributed by atoms with van der Waals surface area (Å²) in [7, 11) is 0. The van der Waals surface area contributed by atoms with Gasteiger partial charge >= 0.3 is 0 Å². The van der Waals surface area contributed by atoms with Crippen molar-refractivity contribution < 1.29 is 35.6 Å². The molecular weight excluding hydrogens is 283 g/mol. The van der Waals surface area contributed by atoms with Gasteiger partial charge in [0.1, 0.15) is 0 Å². The van der Waals surface area contributed by atoms with Crippen LogP contribution in [0.1, 0.15) is 0 Å². The Morgan fingerprint density at radius 1 is 0.538 bits per heavy atom. The zero-order chi connectivity index (χ0) is 10.8. The van der Waals surface area contributed by atoms with E-state index in [0.717, 1.165) is 0 Å². The Bertz CT molecular complexity index is 59.1. The topological polar surface area (TPSA) is 0 Å². The molecule has 0 saturated heterocycles. The molecule has 0 aromatic carbocycles. The molecule has 0 heterocycles. The molecule has 0 atom stereocenters. The van der Waals surface area contributed by atoms with Crippen LogP contribution in [0.3, 0.4) is 0 Å². The molecule has 0 nitrogen and oxygen atoms in total. The first kappa shape index (κ1) is 29.3. The second-order valence-electron chi connectivity index (χ2n) is 1.15. The summed E-state index contributed by atoms with van der Waals surface area (Å²) in [4.78, 5) is 0. The summed E-state index contributed by atoms with van der Waals surface area (Å²) in [5.41, 5.74) is 0. The molecular formula is C12H20La-4. The van der Waals surface area contributed by atoms with Crippen LogP contribution < -0.4 is 0 Å². The first-order valence-corrected chi connectivity index (χ1v) is 3.27. The van der Waals surface area contributed by atoms with E-state index in [2.05, 4.69) is 54.0 Å². The molecule has 0 fully saturated rings. The summed E-state index contributed by atoms with van der Waals surface area (Å²) in [6.07, 6.45) is 6.00. The summed E-state index contributed by atoms with van der Waals surface area (Å²) in [6, 6.07) is 0. The van der Waals surface area contributed by atoms with Crippen LogP contribution in [0.2, 0.25) is 0 Å². The fraction of sp³-hybridized carbons (Fsp3) is 0. The molecule has 0 aliphatic carbocycles. The van der Waals surface area contributed by atoms with Crippen LogP contribution in [0.25, 0.3) is 0 Å². The van der Waals surface area contributed by atoms with Crippen molar-refractivity contribution in [2.45, 2.75) is 0 Å². The van der Waals surface area contributed by atoms with E-state index in [0.29, 0.717) is 0 Å². The van der Waals surface area contributed by atoms with Gasteiger partial charge < -0.3 is 0 Å². The van der Waals surface area contributed by atoms with E-state index in [-0.39, 0.29) is 35.6 Å². The first-order chi connectivity index (χ1) is 5.66. The summed E-state index contributed by atoms with van der Waals surface area (Å²) in [5.74, 6) is 0. The molecule has 0 N–H and O–H groups in total. The predicted octanol–water partition coefficient (Wildman–Crippen LogP) is 4.03. The Balaban J connectivity index is -0.0000000213. The van der Waals surface area contributed by atoms with Crippen molar-refractivity contribution in [3.05, 3.63) is 78.3 Å². The van der Waals surface area contributed by atoms with E-state index in [1.807, 2.05) is 0 Å². The smallest absolute Gasteiger partial charge is 0 e. The minimum Gasteiger partial charge on any atom is -0.245 e. The van der Waals surface area contributed by atoms with Crippen LogP contribution in [0.4, 0.5) is 0 Å². The van der Waals surface area contributed by atoms with Gasteiger partial charge in [-0.15, -0.1) is 0 Å². The van der Waals surface area contributed by atoms with Gasteiger partial charge in [-0.2, -0.15) is 0 Å². The van der Waals surface area contributed by atoms with E-state index in [9.17, 15) is 0 Å². The van der Waals surface area contributed by atoms with Crippen LogP contribution in [0.5, 0.6) is 0 Å². The summed E-state index contributed by atoms with van der Waals surface area (Å²) in [5, 5.41) is 0. The maximum absolute atomic E-state index is 3.25. The van der Waals surface area contributed by atoms with Crippen molar-refractivity contribution in [3.8, 4) is 0 Å². The average Bonchev–Trinajstić information content (AvgIpc) is 1.92. The summed E-state index contributed by atoms with van der Waals surface area (Å²) >= 11 is 0. The molecule has 13 heavy (non-hydrogen) atoms. The van der Waals surface area contributed by atoms with Gasteiger partial charge in [-0.05, 0) is 0 Å². The van der Waals surface area contributed by atoms with E-state index in [1.165, 1.54) is 24.3 Å². The Morgan fingerprint density at radius 3 is 0.538 bits per heavy atom. The Hall–Kier alpha value is -0.365. The van der Waals surface area contributed by atoms with Crippen molar-refractivity contribution in [3.63, 3.8) is 0 Å². The van der Waals surface area contributed by atoms with Crippen molar-refractivity contribution in [1.82, 2.24) is 0 Å². The third-order valence-corrected chi connectivity index (χ3v) is 0. The molecule has 0 aromatic rings. The van der Waals surface area contributed by atoms with Gasteiger partial charge in [-0.3, -0.25) is 0 Å². The Labute approximate surface area is 113 Å². The first-order valence-electron chi connectivity index (χ1n) is 3.27. The zero-order valence-electron chi connectivity index (χ0n) is 8.54. The monoisotopic (exact) mass is 303 g/mol. The van der Waals surface area contributed by atoms with Crippen LogP contribution in [-0.2, 0) is 0 Å². The number of allylic oxidation sites excluding steroid dienone is 4. The van der Waals surface area contributed by atoms with Crippen molar-refractivity contribution >= 4 is 0 Å². The van der Waals surface area contributed by atoms with Gasteiger partial charge in [-0.25, -0.2) is 78.3 Å². The standard InChI is InChI=1S/4C3H5.La/c4*1-3-2;/h4*3H,1-2H2;/q4*-1;. The molecule has 0 unspecified atom stereocenters. The third-order valence-electron chi connectivity index (χ3n) is 0. The quantitative estimate of drug-likeness (QED) is 0.593. The minimum absolute atomic E-state index is 0. The fourth-order valence-electron chi connectivity index (χ4n) is 0. The summed E-state index contributed by atoms with van der Waals surface area (Å²) in [6.45, 7) is 26.0. The molecule has 1 heteroatoms. The van der Waals surface area contributed by atoms with Gasteiger partial charge in [0.05, 0.1) is 0 Å². The minimum atomic E-state index is 0. The van der Waals surface area contributed by atoms with Gasteiger partial charge in [0.15, 0.2) is 0 Å². The van der Waals surface area contributed by atoms with Gasteiger partial charge in [0.25, 0.3) is 0 Å². The fourth-order valence-corrected chi connectivity index (χ4v) is 0. The average molecular weight is 303 g/mol. The Kier molecular flexibility index (Phi) is 225. The normalized spacial score (nSPS) is 3.69. The van der Waals surface area contributed by atoms with Gasteiger partial charge in [0, 0.05) is 35.6 Å². The van der Waals surface area contributed by atoms with E-state index >= 15 is 0 Å². The molecule has 0 aliphatic rings. The molecule has 0 amide bonds. The molecule has 1 radical (unpaired) electrons. The van der Waals surface area contributed by atoms with Crippen LogP contribution in [0.15, 0.2) is 50.6 Å². The molecule has 0 aromatic heterocycles. The molecule has 0 bridgehead atoms. The SMILES string of the molecule is C=C[CH2-].C=C[CH2-].C=C[CH2-].C=C[CH2-].[La]. The van der Waals surface area contributed by atoms with E-state index in [1.54, 1.807) is 0 Å². The zero-order valence-corrected chi connectivity index (χ0v) is 12.2. The number of rotatable bonds is 0. The number of hydrogen-bond donors (Lipinski definition) is 0. The largest absolute Gasteiger partial charge is 0.245 e. The van der Waals surface area contributed by atoms with Crippen molar-refractivity contribution in [2.75, 3.05) is 0 Å². The maximum Gasteiger partial charge on any atom is 0 e. The Morgan fingerprint density at radius 2 is 0.538 bits per heavy atom. The van der Waals surface area contributed by atoms with Crippen LogP contribution >= 0.6 is 0 Å². The molecule has 75 valence electrons. The molecule has 0 spiro atoms.